The van der Waals surface area contributed by atoms with Crippen molar-refractivity contribution in [1.82, 2.24) is 4.98 Å². The average molecular weight is 250 g/mol. The van der Waals surface area contributed by atoms with Gasteiger partial charge in [-0.15, -0.1) is 0 Å². The van der Waals surface area contributed by atoms with Crippen LogP contribution < -0.4 is 0 Å². The van der Waals surface area contributed by atoms with E-state index in [2.05, 4.69) is 4.98 Å². The molecule has 0 aliphatic heterocycles. The molecule has 16 heavy (non-hydrogen) atoms. The number of hydrogen-bond donors (Lipinski definition) is 1. The zero-order valence-electron chi connectivity index (χ0n) is 8.43. The van der Waals surface area contributed by atoms with Crippen LogP contribution in [-0.2, 0) is 6.42 Å². The molecule has 0 amide bonds. The molecule has 0 radical (unpaired) electrons. The first-order chi connectivity index (χ1) is 7.74. The van der Waals surface area contributed by atoms with E-state index in [9.17, 15) is 0 Å². The van der Waals surface area contributed by atoms with E-state index in [1.165, 1.54) is 10.9 Å². The van der Waals surface area contributed by atoms with Gasteiger partial charge in [0.1, 0.15) is 0 Å². The number of fused-ring (bicyclic) bond motifs is 3. The molecule has 0 saturated carbocycles. The zero-order chi connectivity index (χ0) is 11.1. The van der Waals surface area contributed by atoms with Crippen molar-refractivity contribution in [1.29, 1.82) is 0 Å². The lowest BCUT2D eigenvalue weighted by Gasteiger charge is -1.96. The van der Waals surface area contributed by atoms with Crippen molar-refractivity contribution in [2.24, 2.45) is 0 Å². The van der Waals surface area contributed by atoms with Crippen LogP contribution >= 0.6 is 23.2 Å². The molecule has 3 rings (SSSR count). The van der Waals surface area contributed by atoms with Gasteiger partial charge in [0.05, 0.1) is 0 Å². The Hall–Kier alpha value is -1.18. The van der Waals surface area contributed by atoms with Crippen molar-refractivity contribution < 1.29 is 0 Å². The van der Waals surface area contributed by atoms with E-state index in [4.69, 9.17) is 23.2 Å². The van der Waals surface area contributed by atoms with Gasteiger partial charge in [-0.1, -0.05) is 29.3 Å². The molecule has 0 spiro atoms. The van der Waals surface area contributed by atoms with Gasteiger partial charge < -0.3 is 4.98 Å². The molecule has 1 aromatic heterocycles. The molecule has 2 aromatic rings. The van der Waals surface area contributed by atoms with E-state index in [-0.39, 0.29) is 0 Å². The summed E-state index contributed by atoms with van der Waals surface area (Å²) in [7, 11) is 0. The third-order valence-corrected chi connectivity index (χ3v) is 3.33. The van der Waals surface area contributed by atoms with Gasteiger partial charge in [-0.2, -0.15) is 0 Å². The van der Waals surface area contributed by atoms with Gasteiger partial charge in [0.15, 0.2) is 0 Å². The van der Waals surface area contributed by atoms with Gasteiger partial charge in [-0.3, -0.25) is 0 Å². The largest absolute Gasteiger partial charge is 0.355 e. The maximum atomic E-state index is 6.01. The van der Waals surface area contributed by atoms with Gasteiger partial charge in [0, 0.05) is 26.7 Å². The van der Waals surface area contributed by atoms with Gasteiger partial charge in [0.2, 0.25) is 0 Å². The van der Waals surface area contributed by atoms with Crippen LogP contribution in [0.3, 0.4) is 0 Å². The molecule has 1 heterocycles. The van der Waals surface area contributed by atoms with E-state index in [0.29, 0.717) is 0 Å². The molecule has 3 heteroatoms. The number of nitrogens with one attached hydrogen (secondary N) is 1. The summed E-state index contributed by atoms with van der Waals surface area (Å²) in [6.45, 7) is 0. The van der Waals surface area contributed by atoms with E-state index < -0.39 is 0 Å². The summed E-state index contributed by atoms with van der Waals surface area (Å²) < 4.78 is 0. The van der Waals surface area contributed by atoms with Crippen molar-refractivity contribution in [3.63, 3.8) is 0 Å². The van der Waals surface area contributed by atoms with Crippen LogP contribution in [0.2, 0.25) is 5.02 Å². The minimum atomic E-state index is 0.762. The molecule has 1 aliphatic rings. The first kappa shape index (κ1) is 10.0. The van der Waals surface area contributed by atoms with Gasteiger partial charge in [-0.25, -0.2) is 0 Å². The van der Waals surface area contributed by atoms with Crippen molar-refractivity contribution >= 4 is 40.2 Å². The molecule has 0 bridgehead atoms. The van der Waals surface area contributed by atoms with Crippen molar-refractivity contribution in [3.8, 4) is 0 Å². The number of H-pyrrole nitrogens is 1. The quantitative estimate of drug-likeness (QED) is 0.707. The number of aromatic nitrogens is 1. The number of halogens is 2. The minimum Gasteiger partial charge on any atom is -0.355 e. The number of benzene rings is 1. The highest BCUT2D eigenvalue weighted by Crippen LogP contribution is 2.29. The second-order valence-electron chi connectivity index (χ2n) is 3.83. The fourth-order valence-corrected chi connectivity index (χ4v) is 2.35. The lowest BCUT2D eigenvalue weighted by atomic mass is 10.1. The normalized spacial score (nSPS) is 14.8. The van der Waals surface area contributed by atoms with Gasteiger partial charge >= 0.3 is 0 Å². The molecule has 80 valence electrons. The van der Waals surface area contributed by atoms with Crippen LogP contribution in [0, 0.1) is 0 Å². The Morgan fingerprint density at radius 1 is 1.12 bits per heavy atom. The maximum absolute atomic E-state index is 6.01. The second kappa shape index (κ2) is 3.69. The van der Waals surface area contributed by atoms with Crippen LogP contribution in [0.15, 0.2) is 35.4 Å². The highest BCUT2D eigenvalue weighted by atomic mass is 35.5. The first-order valence-electron chi connectivity index (χ1n) is 5.08. The van der Waals surface area contributed by atoms with Crippen molar-refractivity contribution in [2.45, 2.75) is 6.42 Å². The summed E-state index contributed by atoms with van der Waals surface area (Å²) in [4.78, 5) is 3.37. The molecule has 1 nitrogen and oxygen atoms in total. The summed E-state index contributed by atoms with van der Waals surface area (Å²) in [5.74, 6) is 0. The molecule has 1 aromatic carbocycles. The third kappa shape index (κ3) is 1.57. The smallest absolute Gasteiger partial charge is 0.0462 e. The summed E-state index contributed by atoms with van der Waals surface area (Å²) in [6.07, 6.45) is 6.76. The average Bonchev–Trinajstić information content (AvgIpc) is 2.50. The number of hydrogen-bond acceptors (Lipinski definition) is 0. The van der Waals surface area contributed by atoms with E-state index >= 15 is 0 Å². The topological polar surface area (TPSA) is 15.8 Å². The highest BCUT2D eigenvalue weighted by molar-refractivity contribution is 6.32. The van der Waals surface area contributed by atoms with Crippen LogP contribution in [0.1, 0.15) is 11.3 Å². The van der Waals surface area contributed by atoms with Gasteiger partial charge in [-0.05, 0) is 42.3 Å². The molecular formula is C13H9Cl2N. The Kier molecular flexibility index (Phi) is 2.31. The SMILES string of the molecule is ClC1=CCc2c([nH]c3ccc(Cl)cc23)C=C1. The molecule has 0 fully saturated rings. The van der Waals surface area contributed by atoms with E-state index in [1.807, 2.05) is 36.4 Å². The number of rotatable bonds is 0. The Labute approximate surface area is 103 Å². The van der Waals surface area contributed by atoms with E-state index in [1.54, 1.807) is 0 Å². The standard InChI is InChI=1S/C13H9Cl2N/c14-8-1-4-10-11-7-9(15)3-6-13(11)16-12(10)5-2-8/h1-3,5-7,16H,4H2. The van der Waals surface area contributed by atoms with Crippen LogP contribution in [0.4, 0.5) is 0 Å². The predicted octanol–water partition coefficient (Wildman–Crippen LogP) is 4.51. The lowest BCUT2D eigenvalue weighted by molar-refractivity contribution is 1.27. The summed E-state index contributed by atoms with van der Waals surface area (Å²) in [5.41, 5.74) is 3.49. The van der Waals surface area contributed by atoms with Crippen LogP contribution in [0.25, 0.3) is 17.0 Å². The first-order valence-corrected chi connectivity index (χ1v) is 5.83. The Morgan fingerprint density at radius 2 is 2.00 bits per heavy atom. The number of allylic oxidation sites excluding steroid dienone is 3. The van der Waals surface area contributed by atoms with Gasteiger partial charge in [0.25, 0.3) is 0 Å². The minimum absolute atomic E-state index is 0.762. The maximum Gasteiger partial charge on any atom is 0.0462 e. The Morgan fingerprint density at radius 3 is 2.88 bits per heavy atom. The fourth-order valence-electron chi connectivity index (χ4n) is 2.03. The molecular weight excluding hydrogens is 241 g/mol. The molecule has 0 saturated heterocycles. The monoisotopic (exact) mass is 249 g/mol. The molecule has 0 unspecified atom stereocenters. The summed E-state index contributed by atoms with van der Waals surface area (Å²) in [5, 5.41) is 2.71. The number of aromatic amines is 1. The molecule has 1 N–H and O–H groups in total. The summed E-state index contributed by atoms with van der Waals surface area (Å²) in [6, 6.07) is 5.89. The Balaban J connectivity index is 2.29. The second-order valence-corrected chi connectivity index (χ2v) is 4.71. The zero-order valence-corrected chi connectivity index (χ0v) is 9.94. The fraction of sp³-hybridized carbons (Fsp3) is 0.0769. The highest BCUT2D eigenvalue weighted by Gasteiger charge is 2.10. The predicted molar refractivity (Wildman–Crippen MR) is 70.0 cm³/mol. The van der Waals surface area contributed by atoms with E-state index in [0.717, 1.165) is 27.7 Å². The molecule has 0 atom stereocenters. The Bertz CT molecular complexity index is 620. The van der Waals surface area contributed by atoms with Crippen LogP contribution in [-0.4, -0.2) is 4.98 Å². The van der Waals surface area contributed by atoms with Crippen molar-refractivity contribution in [2.75, 3.05) is 0 Å². The summed E-state index contributed by atoms with van der Waals surface area (Å²) >= 11 is 12.0. The molecule has 1 aliphatic carbocycles. The van der Waals surface area contributed by atoms with Crippen LogP contribution in [0.5, 0.6) is 0 Å². The third-order valence-electron chi connectivity index (χ3n) is 2.81. The lowest BCUT2D eigenvalue weighted by Crippen LogP contribution is -1.81. The van der Waals surface area contributed by atoms with Crippen molar-refractivity contribution in [3.05, 3.63) is 51.7 Å².